The van der Waals surface area contributed by atoms with Gasteiger partial charge in [-0.15, -0.1) is 5.10 Å². The number of aliphatic carboxylic acids is 1. The highest BCUT2D eigenvalue weighted by Crippen LogP contribution is 2.44. The van der Waals surface area contributed by atoms with Crippen LogP contribution in [0.1, 0.15) is 34.1 Å². The first-order valence-corrected chi connectivity index (χ1v) is 11.9. The maximum atomic E-state index is 12.3. The fourth-order valence-electron chi connectivity index (χ4n) is 3.86. The summed E-state index contributed by atoms with van der Waals surface area (Å²) in [6.45, 7) is 0.118. The molecule has 1 aliphatic rings. The Morgan fingerprint density at radius 3 is 2.38 bits per heavy atom. The SMILES string of the molecule is CSCC[C@H](NC(=O)c1nc(NC(=O)OCC2c3ccccc3-c3ccccc32)n[nH]1)C(=O)O. The minimum atomic E-state index is -1.14. The van der Waals surface area contributed by atoms with Crippen LogP contribution in [0.25, 0.3) is 11.1 Å². The van der Waals surface area contributed by atoms with E-state index in [4.69, 9.17) is 4.74 Å². The molecule has 0 fully saturated rings. The number of H-pyrrole nitrogens is 1. The van der Waals surface area contributed by atoms with Crippen LogP contribution >= 0.6 is 11.8 Å². The summed E-state index contributed by atoms with van der Waals surface area (Å²) in [5.41, 5.74) is 4.41. The van der Waals surface area contributed by atoms with E-state index in [1.165, 1.54) is 11.8 Å². The third-order valence-corrected chi connectivity index (χ3v) is 6.12. The van der Waals surface area contributed by atoms with Crippen molar-refractivity contribution in [2.75, 3.05) is 23.9 Å². The highest BCUT2D eigenvalue weighted by Gasteiger charge is 2.29. The number of hydrogen-bond acceptors (Lipinski definition) is 7. The van der Waals surface area contributed by atoms with Gasteiger partial charge in [-0.1, -0.05) is 48.5 Å². The summed E-state index contributed by atoms with van der Waals surface area (Å²) in [6, 6.07) is 14.9. The van der Waals surface area contributed by atoms with Gasteiger partial charge in [-0.05, 0) is 40.7 Å². The molecule has 0 bridgehead atoms. The number of carbonyl (C=O) groups is 3. The molecule has 2 amide bonds. The van der Waals surface area contributed by atoms with Crippen molar-refractivity contribution in [3.8, 4) is 11.1 Å². The van der Waals surface area contributed by atoms with E-state index in [9.17, 15) is 19.5 Å². The summed E-state index contributed by atoms with van der Waals surface area (Å²) in [4.78, 5) is 39.9. The molecule has 3 aromatic rings. The zero-order valence-electron chi connectivity index (χ0n) is 18.3. The zero-order chi connectivity index (χ0) is 24.1. The molecule has 1 heterocycles. The summed E-state index contributed by atoms with van der Waals surface area (Å²) in [6.07, 6.45) is 1.34. The lowest BCUT2D eigenvalue weighted by atomic mass is 9.98. The molecule has 2 aromatic carbocycles. The molecule has 0 saturated heterocycles. The number of ether oxygens (including phenoxy) is 1. The molecule has 4 N–H and O–H groups in total. The van der Waals surface area contributed by atoms with Gasteiger partial charge in [0.1, 0.15) is 12.6 Å². The first-order valence-electron chi connectivity index (χ1n) is 10.5. The van der Waals surface area contributed by atoms with Crippen molar-refractivity contribution in [1.29, 1.82) is 0 Å². The maximum Gasteiger partial charge on any atom is 0.414 e. The molecule has 176 valence electrons. The van der Waals surface area contributed by atoms with E-state index in [1.807, 2.05) is 54.8 Å². The predicted octanol–water partition coefficient (Wildman–Crippen LogP) is 3.10. The minimum Gasteiger partial charge on any atom is -0.480 e. The van der Waals surface area contributed by atoms with Crippen molar-refractivity contribution < 1.29 is 24.2 Å². The Kier molecular flexibility index (Phi) is 7.12. The van der Waals surface area contributed by atoms with Crippen molar-refractivity contribution in [2.45, 2.75) is 18.4 Å². The number of nitrogens with zero attached hydrogens (tertiary/aromatic N) is 2. The second-order valence-electron chi connectivity index (χ2n) is 7.60. The Morgan fingerprint density at radius 2 is 1.76 bits per heavy atom. The van der Waals surface area contributed by atoms with Crippen molar-refractivity contribution in [3.63, 3.8) is 0 Å². The standard InChI is InChI=1S/C23H23N5O5S/c1-34-11-10-18(21(30)31)24-20(29)19-25-22(28-27-19)26-23(32)33-12-17-15-8-4-2-6-13(15)14-7-3-5-9-16(14)17/h2-9,17-18H,10-12H2,1H3,(H,24,29)(H,30,31)(H2,25,26,27,28,32)/t18-/m0/s1. The number of carboxylic acid groups (broad SMARTS) is 1. The number of aromatic nitrogens is 3. The number of fused-ring (bicyclic) bond motifs is 3. The number of thioether (sulfide) groups is 1. The zero-order valence-corrected chi connectivity index (χ0v) is 19.1. The molecule has 0 spiro atoms. The Hall–Kier alpha value is -3.86. The lowest BCUT2D eigenvalue weighted by Gasteiger charge is -2.14. The monoisotopic (exact) mass is 481 g/mol. The van der Waals surface area contributed by atoms with E-state index in [-0.39, 0.29) is 30.7 Å². The third-order valence-electron chi connectivity index (χ3n) is 5.47. The number of aromatic amines is 1. The van der Waals surface area contributed by atoms with Gasteiger partial charge in [0.2, 0.25) is 5.82 Å². The largest absolute Gasteiger partial charge is 0.480 e. The molecular weight excluding hydrogens is 458 g/mol. The van der Waals surface area contributed by atoms with Crippen LogP contribution in [0, 0.1) is 0 Å². The number of amides is 2. The van der Waals surface area contributed by atoms with Crippen LogP contribution in [0.2, 0.25) is 0 Å². The molecule has 1 aliphatic carbocycles. The van der Waals surface area contributed by atoms with Crippen molar-refractivity contribution in [3.05, 3.63) is 65.5 Å². The Balaban J connectivity index is 1.35. The van der Waals surface area contributed by atoms with E-state index in [1.54, 1.807) is 0 Å². The molecule has 1 aromatic heterocycles. The molecule has 4 rings (SSSR count). The van der Waals surface area contributed by atoms with Gasteiger partial charge in [0.25, 0.3) is 11.9 Å². The van der Waals surface area contributed by atoms with Gasteiger partial charge in [-0.3, -0.25) is 15.2 Å². The minimum absolute atomic E-state index is 0.0964. The molecular formula is C23H23N5O5S. The van der Waals surface area contributed by atoms with Crippen molar-refractivity contribution in [2.24, 2.45) is 0 Å². The molecule has 0 saturated carbocycles. The van der Waals surface area contributed by atoms with E-state index in [2.05, 4.69) is 25.8 Å². The summed E-state index contributed by atoms with van der Waals surface area (Å²) in [7, 11) is 0. The Morgan fingerprint density at radius 1 is 1.12 bits per heavy atom. The average molecular weight is 482 g/mol. The van der Waals surface area contributed by atoms with Gasteiger partial charge < -0.3 is 15.2 Å². The number of anilines is 1. The number of rotatable bonds is 9. The second-order valence-corrected chi connectivity index (χ2v) is 8.59. The molecule has 0 unspecified atom stereocenters. The third kappa shape index (κ3) is 5.04. The summed E-state index contributed by atoms with van der Waals surface area (Å²) < 4.78 is 5.43. The molecule has 11 heteroatoms. The van der Waals surface area contributed by atoms with Gasteiger partial charge in [-0.25, -0.2) is 9.59 Å². The van der Waals surface area contributed by atoms with E-state index in [0.29, 0.717) is 5.75 Å². The highest BCUT2D eigenvalue weighted by molar-refractivity contribution is 7.98. The highest BCUT2D eigenvalue weighted by atomic mass is 32.2. The van der Waals surface area contributed by atoms with Crippen LogP contribution in [0.15, 0.2) is 48.5 Å². The number of benzene rings is 2. The summed E-state index contributed by atoms with van der Waals surface area (Å²) in [5.74, 6) is -1.77. The van der Waals surface area contributed by atoms with Gasteiger partial charge in [0, 0.05) is 5.92 Å². The molecule has 1 atom stereocenters. The van der Waals surface area contributed by atoms with Crippen LogP contribution in [0.5, 0.6) is 0 Å². The van der Waals surface area contributed by atoms with Crippen LogP contribution in [0.3, 0.4) is 0 Å². The van der Waals surface area contributed by atoms with Gasteiger partial charge in [0.05, 0.1) is 0 Å². The number of carbonyl (C=O) groups excluding carboxylic acids is 2. The fourth-order valence-corrected chi connectivity index (χ4v) is 4.34. The first-order chi connectivity index (χ1) is 16.5. The Bertz CT molecular complexity index is 1170. The molecule has 0 radical (unpaired) electrons. The number of carboxylic acids is 1. The topological polar surface area (TPSA) is 146 Å². The quantitative estimate of drug-likeness (QED) is 0.365. The van der Waals surface area contributed by atoms with Gasteiger partial charge >= 0.3 is 12.1 Å². The second kappa shape index (κ2) is 10.4. The average Bonchev–Trinajstić information content (AvgIpc) is 3.43. The van der Waals surface area contributed by atoms with Gasteiger partial charge in [0.15, 0.2) is 0 Å². The molecule has 34 heavy (non-hydrogen) atoms. The normalized spacial score (nSPS) is 13.0. The van der Waals surface area contributed by atoms with Gasteiger partial charge in [-0.2, -0.15) is 16.7 Å². The maximum absolute atomic E-state index is 12.3. The van der Waals surface area contributed by atoms with Crippen molar-refractivity contribution >= 4 is 35.7 Å². The first kappa shape index (κ1) is 23.3. The number of nitrogens with one attached hydrogen (secondary N) is 3. The van der Waals surface area contributed by atoms with E-state index < -0.39 is 24.0 Å². The molecule has 0 aliphatic heterocycles. The van der Waals surface area contributed by atoms with Crippen LogP contribution in [0.4, 0.5) is 10.7 Å². The van der Waals surface area contributed by atoms with Crippen LogP contribution < -0.4 is 10.6 Å². The number of hydrogen-bond donors (Lipinski definition) is 4. The fraction of sp³-hybridized carbons (Fsp3) is 0.261. The van der Waals surface area contributed by atoms with Crippen molar-refractivity contribution in [1.82, 2.24) is 20.5 Å². The smallest absolute Gasteiger partial charge is 0.414 e. The molecule has 10 nitrogen and oxygen atoms in total. The summed E-state index contributed by atoms with van der Waals surface area (Å²) >= 11 is 1.48. The van der Waals surface area contributed by atoms with E-state index in [0.717, 1.165) is 22.3 Å². The lowest BCUT2D eigenvalue weighted by Crippen LogP contribution is -2.41. The van der Waals surface area contributed by atoms with Crippen LogP contribution in [-0.2, 0) is 9.53 Å². The summed E-state index contributed by atoms with van der Waals surface area (Å²) in [5, 5.41) is 20.2. The lowest BCUT2D eigenvalue weighted by molar-refractivity contribution is -0.139. The van der Waals surface area contributed by atoms with E-state index >= 15 is 0 Å². The predicted molar refractivity (Wildman–Crippen MR) is 127 cm³/mol. The van der Waals surface area contributed by atoms with Crippen LogP contribution in [-0.4, -0.2) is 62.9 Å². The Labute approximate surface area is 199 Å².